The Bertz CT molecular complexity index is 666. The van der Waals surface area contributed by atoms with Crippen LogP contribution < -0.4 is 24.4 Å². The van der Waals surface area contributed by atoms with Gasteiger partial charge >= 0.3 is 0 Å². The second-order valence-corrected chi connectivity index (χ2v) is 6.18. The molecule has 0 amide bonds. The fourth-order valence-electron chi connectivity index (χ4n) is 3.30. The third kappa shape index (κ3) is 3.99. The van der Waals surface area contributed by atoms with Gasteiger partial charge in [0.1, 0.15) is 0 Å². The standard InChI is InChI=1S/C20H26N2O3/c1-23-18-11-15(12-19(24-2)20(18)25-3)13-21-16-9-10-22(14-16)17-7-5-4-6-8-17/h4-8,11-12,16,21H,9-10,13-14H2,1-3H3/t16-/m0/s1. The van der Waals surface area contributed by atoms with Crippen molar-refractivity contribution in [1.29, 1.82) is 0 Å². The number of benzene rings is 2. The van der Waals surface area contributed by atoms with E-state index in [1.54, 1.807) is 21.3 Å². The fourth-order valence-corrected chi connectivity index (χ4v) is 3.30. The van der Waals surface area contributed by atoms with Crippen molar-refractivity contribution in [1.82, 2.24) is 5.32 Å². The monoisotopic (exact) mass is 342 g/mol. The van der Waals surface area contributed by atoms with E-state index in [-0.39, 0.29) is 0 Å². The van der Waals surface area contributed by atoms with Gasteiger partial charge in [0.2, 0.25) is 5.75 Å². The Balaban J connectivity index is 1.62. The number of rotatable bonds is 7. The smallest absolute Gasteiger partial charge is 0.203 e. The Morgan fingerprint density at radius 3 is 2.28 bits per heavy atom. The summed E-state index contributed by atoms with van der Waals surface area (Å²) < 4.78 is 16.2. The molecule has 3 rings (SSSR count). The molecule has 134 valence electrons. The molecule has 5 nitrogen and oxygen atoms in total. The van der Waals surface area contributed by atoms with Crippen molar-refractivity contribution in [2.45, 2.75) is 19.0 Å². The molecule has 1 aliphatic rings. The molecule has 1 fully saturated rings. The SMILES string of the molecule is COc1cc(CN[C@H]2CCN(c3ccccc3)C2)cc(OC)c1OC. The van der Waals surface area contributed by atoms with Crippen LogP contribution in [0.25, 0.3) is 0 Å². The van der Waals surface area contributed by atoms with Crippen LogP contribution in [0.5, 0.6) is 17.2 Å². The molecule has 1 aliphatic heterocycles. The highest BCUT2D eigenvalue weighted by molar-refractivity contribution is 5.54. The van der Waals surface area contributed by atoms with Crippen LogP contribution in [0.1, 0.15) is 12.0 Å². The van der Waals surface area contributed by atoms with Crippen molar-refractivity contribution >= 4 is 5.69 Å². The van der Waals surface area contributed by atoms with Gasteiger partial charge in [0, 0.05) is 31.4 Å². The minimum atomic E-state index is 0.472. The van der Waals surface area contributed by atoms with Crippen molar-refractivity contribution in [3.63, 3.8) is 0 Å². The molecule has 1 atom stereocenters. The number of hydrogen-bond acceptors (Lipinski definition) is 5. The maximum absolute atomic E-state index is 5.43. The summed E-state index contributed by atoms with van der Waals surface area (Å²) in [5.74, 6) is 2.01. The van der Waals surface area contributed by atoms with E-state index in [1.165, 1.54) is 5.69 Å². The Labute approximate surface area is 149 Å². The van der Waals surface area contributed by atoms with E-state index >= 15 is 0 Å². The van der Waals surface area contributed by atoms with E-state index in [2.05, 4.69) is 40.5 Å². The predicted molar refractivity (Wildman–Crippen MR) is 100.0 cm³/mol. The number of nitrogens with one attached hydrogen (secondary N) is 1. The number of ether oxygens (including phenoxy) is 3. The molecule has 0 radical (unpaired) electrons. The maximum atomic E-state index is 5.43. The first-order valence-corrected chi connectivity index (χ1v) is 8.57. The molecular formula is C20H26N2O3. The highest BCUT2D eigenvalue weighted by Gasteiger charge is 2.22. The molecule has 0 spiro atoms. The number of para-hydroxylation sites is 1. The van der Waals surface area contributed by atoms with E-state index in [4.69, 9.17) is 14.2 Å². The summed E-state index contributed by atoms with van der Waals surface area (Å²) in [6, 6.07) is 15.0. The highest BCUT2D eigenvalue weighted by atomic mass is 16.5. The van der Waals surface area contributed by atoms with E-state index in [0.717, 1.165) is 31.6 Å². The lowest BCUT2D eigenvalue weighted by Crippen LogP contribution is -2.32. The van der Waals surface area contributed by atoms with Gasteiger partial charge in [-0.25, -0.2) is 0 Å². The molecule has 0 aliphatic carbocycles. The summed E-state index contributed by atoms with van der Waals surface area (Å²) in [7, 11) is 4.90. The Morgan fingerprint density at radius 1 is 1.00 bits per heavy atom. The van der Waals surface area contributed by atoms with Gasteiger partial charge in [-0.05, 0) is 36.2 Å². The van der Waals surface area contributed by atoms with Crippen LogP contribution in [0.3, 0.4) is 0 Å². The number of methoxy groups -OCH3 is 3. The third-order valence-corrected chi connectivity index (χ3v) is 4.63. The molecule has 1 N–H and O–H groups in total. The second-order valence-electron chi connectivity index (χ2n) is 6.18. The Kier molecular flexibility index (Phi) is 5.66. The van der Waals surface area contributed by atoms with Gasteiger partial charge in [-0.1, -0.05) is 18.2 Å². The molecule has 1 saturated heterocycles. The van der Waals surface area contributed by atoms with Gasteiger partial charge in [0.25, 0.3) is 0 Å². The zero-order valence-corrected chi connectivity index (χ0v) is 15.1. The van der Waals surface area contributed by atoms with Gasteiger partial charge < -0.3 is 24.4 Å². The van der Waals surface area contributed by atoms with Crippen LogP contribution in [-0.2, 0) is 6.54 Å². The molecular weight excluding hydrogens is 316 g/mol. The minimum absolute atomic E-state index is 0.472. The van der Waals surface area contributed by atoms with Gasteiger partial charge in [0.15, 0.2) is 11.5 Å². The number of anilines is 1. The lowest BCUT2D eigenvalue weighted by Gasteiger charge is -2.19. The van der Waals surface area contributed by atoms with Crippen LogP contribution >= 0.6 is 0 Å². The molecule has 0 unspecified atom stereocenters. The van der Waals surface area contributed by atoms with Gasteiger partial charge in [-0.3, -0.25) is 0 Å². The average Bonchev–Trinajstić information content (AvgIpc) is 3.15. The lowest BCUT2D eigenvalue weighted by atomic mass is 10.1. The van der Waals surface area contributed by atoms with Crippen molar-refractivity contribution in [2.75, 3.05) is 39.3 Å². The molecule has 0 aromatic heterocycles. The van der Waals surface area contributed by atoms with Crippen molar-refractivity contribution in [3.8, 4) is 17.2 Å². The molecule has 1 heterocycles. The summed E-state index contributed by atoms with van der Waals surface area (Å²) in [6.07, 6.45) is 1.14. The van der Waals surface area contributed by atoms with Gasteiger partial charge in [-0.15, -0.1) is 0 Å². The zero-order chi connectivity index (χ0) is 17.6. The average molecular weight is 342 g/mol. The van der Waals surface area contributed by atoms with Gasteiger partial charge in [-0.2, -0.15) is 0 Å². The molecule has 2 aromatic rings. The summed E-state index contributed by atoms with van der Waals surface area (Å²) in [4.78, 5) is 2.42. The second kappa shape index (κ2) is 8.12. The number of nitrogens with zero attached hydrogens (tertiary/aromatic N) is 1. The van der Waals surface area contributed by atoms with Crippen LogP contribution in [0, 0.1) is 0 Å². The molecule has 25 heavy (non-hydrogen) atoms. The van der Waals surface area contributed by atoms with Crippen molar-refractivity contribution in [3.05, 3.63) is 48.0 Å². The van der Waals surface area contributed by atoms with Crippen LogP contribution in [0.2, 0.25) is 0 Å². The molecule has 0 bridgehead atoms. The topological polar surface area (TPSA) is 43.0 Å². The van der Waals surface area contributed by atoms with Crippen molar-refractivity contribution < 1.29 is 14.2 Å². The van der Waals surface area contributed by atoms with Crippen molar-refractivity contribution in [2.24, 2.45) is 0 Å². The highest BCUT2D eigenvalue weighted by Crippen LogP contribution is 2.38. The van der Waals surface area contributed by atoms with E-state index in [0.29, 0.717) is 23.3 Å². The molecule has 2 aromatic carbocycles. The van der Waals surface area contributed by atoms with E-state index < -0.39 is 0 Å². The van der Waals surface area contributed by atoms with E-state index in [9.17, 15) is 0 Å². The first-order valence-electron chi connectivity index (χ1n) is 8.57. The number of hydrogen-bond donors (Lipinski definition) is 1. The first-order chi connectivity index (χ1) is 12.2. The normalized spacial score (nSPS) is 16.8. The first kappa shape index (κ1) is 17.4. The quantitative estimate of drug-likeness (QED) is 0.838. The van der Waals surface area contributed by atoms with Crippen LogP contribution in [-0.4, -0.2) is 40.5 Å². The lowest BCUT2D eigenvalue weighted by molar-refractivity contribution is 0.323. The maximum Gasteiger partial charge on any atom is 0.203 e. The molecule has 0 saturated carbocycles. The summed E-state index contributed by atoms with van der Waals surface area (Å²) in [5.41, 5.74) is 2.41. The summed E-state index contributed by atoms with van der Waals surface area (Å²) in [6.45, 7) is 2.87. The largest absolute Gasteiger partial charge is 0.493 e. The fraction of sp³-hybridized carbons (Fsp3) is 0.400. The molecule has 5 heteroatoms. The Morgan fingerprint density at radius 2 is 1.68 bits per heavy atom. The van der Waals surface area contributed by atoms with Gasteiger partial charge in [0.05, 0.1) is 21.3 Å². The summed E-state index contributed by atoms with van der Waals surface area (Å²) >= 11 is 0. The van der Waals surface area contributed by atoms with E-state index in [1.807, 2.05) is 12.1 Å². The third-order valence-electron chi connectivity index (χ3n) is 4.63. The Hall–Kier alpha value is -2.40. The summed E-state index contributed by atoms with van der Waals surface area (Å²) in [5, 5.41) is 3.64. The minimum Gasteiger partial charge on any atom is -0.493 e. The predicted octanol–water partition coefficient (Wildman–Crippen LogP) is 3.08. The van der Waals surface area contributed by atoms with Crippen LogP contribution in [0.4, 0.5) is 5.69 Å². The van der Waals surface area contributed by atoms with Crippen LogP contribution in [0.15, 0.2) is 42.5 Å². The zero-order valence-electron chi connectivity index (χ0n) is 15.1.